The molecule has 0 aliphatic rings. The minimum absolute atomic E-state index is 0.0370. The van der Waals surface area contributed by atoms with Gasteiger partial charge in [-0.05, 0) is 17.5 Å². The van der Waals surface area contributed by atoms with Crippen LogP contribution in [0.3, 0.4) is 0 Å². The molecule has 0 radical (unpaired) electrons. The number of hydrogen-bond donors (Lipinski definition) is 2. The zero-order chi connectivity index (χ0) is 19.8. The molecule has 1 aromatic heterocycles. The standard InChI is InChI=1S/C18H23N5O4/c1-4-12(2)9-16(24)21-14-8-6-5-7-13(14)10-19-18-20-11-15(23(25)26)17(22-18)27-3/h5-8,11-12H,4,9-10H2,1-3H3,(H,21,24)(H,19,20,22). The predicted octanol–water partition coefficient (Wildman–Crippen LogP) is 3.38. The Labute approximate surface area is 157 Å². The summed E-state index contributed by atoms with van der Waals surface area (Å²) in [7, 11) is 1.31. The van der Waals surface area contributed by atoms with E-state index in [2.05, 4.69) is 20.6 Å². The van der Waals surface area contributed by atoms with Crippen LogP contribution >= 0.6 is 0 Å². The highest BCUT2D eigenvalue weighted by atomic mass is 16.6. The van der Waals surface area contributed by atoms with Gasteiger partial charge in [0.25, 0.3) is 5.88 Å². The molecule has 0 aliphatic heterocycles. The van der Waals surface area contributed by atoms with Crippen LogP contribution in [0, 0.1) is 16.0 Å². The van der Waals surface area contributed by atoms with E-state index in [0.29, 0.717) is 24.6 Å². The van der Waals surface area contributed by atoms with Crippen molar-refractivity contribution in [3.8, 4) is 5.88 Å². The number of nitro groups is 1. The zero-order valence-electron chi connectivity index (χ0n) is 15.6. The van der Waals surface area contributed by atoms with Gasteiger partial charge in [-0.25, -0.2) is 4.98 Å². The first-order valence-corrected chi connectivity index (χ1v) is 8.61. The third-order valence-electron chi connectivity index (χ3n) is 4.08. The molecule has 0 saturated heterocycles. The van der Waals surface area contributed by atoms with Crippen LogP contribution in [0.1, 0.15) is 32.3 Å². The summed E-state index contributed by atoms with van der Waals surface area (Å²) in [5, 5.41) is 16.8. The van der Waals surface area contributed by atoms with Gasteiger partial charge >= 0.3 is 5.69 Å². The van der Waals surface area contributed by atoms with Crippen LogP contribution in [0.2, 0.25) is 0 Å². The first-order chi connectivity index (χ1) is 12.9. The summed E-state index contributed by atoms with van der Waals surface area (Å²) >= 11 is 0. The van der Waals surface area contributed by atoms with Crippen molar-refractivity contribution >= 4 is 23.2 Å². The normalized spacial score (nSPS) is 11.5. The summed E-state index contributed by atoms with van der Waals surface area (Å²) in [6, 6.07) is 7.39. The molecule has 2 N–H and O–H groups in total. The average Bonchev–Trinajstić information content (AvgIpc) is 2.66. The van der Waals surface area contributed by atoms with Crippen molar-refractivity contribution in [2.45, 2.75) is 33.2 Å². The quantitative estimate of drug-likeness (QED) is 0.511. The van der Waals surface area contributed by atoms with E-state index < -0.39 is 4.92 Å². The smallest absolute Gasteiger partial charge is 0.349 e. The van der Waals surface area contributed by atoms with E-state index in [-0.39, 0.29) is 23.4 Å². The van der Waals surface area contributed by atoms with Crippen molar-refractivity contribution in [3.05, 3.63) is 46.1 Å². The zero-order valence-corrected chi connectivity index (χ0v) is 15.6. The van der Waals surface area contributed by atoms with E-state index in [9.17, 15) is 14.9 Å². The summed E-state index contributed by atoms with van der Waals surface area (Å²) < 4.78 is 4.93. The molecule has 1 heterocycles. The number of aromatic nitrogens is 2. The highest BCUT2D eigenvalue weighted by Gasteiger charge is 2.18. The average molecular weight is 373 g/mol. The Balaban J connectivity index is 2.08. The lowest BCUT2D eigenvalue weighted by atomic mass is 10.0. The summed E-state index contributed by atoms with van der Waals surface area (Å²) in [4.78, 5) is 30.4. The fraction of sp³-hybridized carbons (Fsp3) is 0.389. The fourth-order valence-electron chi connectivity index (χ4n) is 2.35. The van der Waals surface area contributed by atoms with Crippen LogP contribution in [0.15, 0.2) is 30.5 Å². The van der Waals surface area contributed by atoms with Gasteiger partial charge in [-0.1, -0.05) is 38.5 Å². The van der Waals surface area contributed by atoms with Crippen LogP contribution in [0.5, 0.6) is 5.88 Å². The molecule has 0 spiro atoms. The Hall–Kier alpha value is -3.23. The summed E-state index contributed by atoms with van der Waals surface area (Å²) in [6.07, 6.45) is 2.49. The van der Waals surface area contributed by atoms with Gasteiger partial charge in [0.1, 0.15) is 6.20 Å². The minimum Gasteiger partial charge on any atom is -0.476 e. The molecule has 2 aromatic rings. The van der Waals surface area contributed by atoms with Crippen molar-refractivity contribution in [2.75, 3.05) is 17.7 Å². The highest BCUT2D eigenvalue weighted by Crippen LogP contribution is 2.24. The molecule has 9 nitrogen and oxygen atoms in total. The topological polar surface area (TPSA) is 119 Å². The van der Waals surface area contributed by atoms with Crippen molar-refractivity contribution in [1.29, 1.82) is 0 Å². The van der Waals surface area contributed by atoms with Gasteiger partial charge in [-0.2, -0.15) is 4.98 Å². The Kier molecular flexibility index (Phi) is 7.04. The number of benzene rings is 1. The van der Waals surface area contributed by atoms with Gasteiger partial charge in [-0.15, -0.1) is 0 Å². The summed E-state index contributed by atoms with van der Waals surface area (Å²) in [6.45, 7) is 4.42. The number of nitrogens with zero attached hydrogens (tertiary/aromatic N) is 3. The van der Waals surface area contributed by atoms with Gasteiger partial charge in [-0.3, -0.25) is 14.9 Å². The number of carbonyl (C=O) groups excluding carboxylic acids is 1. The first kappa shape index (κ1) is 20.1. The summed E-state index contributed by atoms with van der Waals surface area (Å²) in [5.41, 5.74) is 1.24. The lowest BCUT2D eigenvalue weighted by Crippen LogP contribution is -2.16. The molecule has 1 atom stereocenters. The van der Waals surface area contributed by atoms with Crippen molar-refractivity contribution in [1.82, 2.24) is 9.97 Å². The molecule has 27 heavy (non-hydrogen) atoms. The summed E-state index contributed by atoms with van der Waals surface area (Å²) in [5.74, 6) is 0.354. The third kappa shape index (κ3) is 5.63. The second kappa shape index (κ2) is 9.46. The number of carbonyl (C=O) groups is 1. The van der Waals surface area contributed by atoms with Gasteiger partial charge in [0, 0.05) is 18.7 Å². The van der Waals surface area contributed by atoms with Crippen molar-refractivity contribution in [2.24, 2.45) is 5.92 Å². The molecule has 144 valence electrons. The maximum Gasteiger partial charge on any atom is 0.349 e. The molecule has 0 bridgehead atoms. The van der Waals surface area contributed by atoms with Crippen LogP contribution in [0.25, 0.3) is 0 Å². The van der Waals surface area contributed by atoms with Gasteiger partial charge in [0.05, 0.1) is 12.0 Å². The van der Waals surface area contributed by atoms with E-state index in [0.717, 1.165) is 18.2 Å². The van der Waals surface area contributed by atoms with E-state index in [4.69, 9.17) is 4.74 Å². The van der Waals surface area contributed by atoms with Crippen LogP contribution < -0.4 is 15.4 Å². The molecule has 2 rings (SSSR count). The van der Waals surface area contributed by atoms with Crippen molar-refractivity contribution < 1.29 is 14.5 Å². The van der Waals surface area contributed by atoms with Gasteiger partial charge in [0.2, 0.25) is 11.9 Å². The monoisotopic (exact) mass is 373 g/mol. The second-order valence-electron chi connectivity index (χ2n) is 6.12. The van der Waals surface area contributed by atoms with E-state index in [1.165, 1.54) is 7.11 Å². The SMILES string of the molecule is CCC(C)CC(=O)Nc1ccccc1CNc1ncc([N+](=O)[O-])c(OC)n1. The Morgan fingerprint density at radius 2 is 2.11 bits per heavy atom. The number of rotatable bonds is 9. The maximum absolute atomic E-state index is 12.2. The number of nitrogens with one attached hydrogen (secondary N) is 2. The molecular formula is C18H23N5O4. The van der Waals surface area contributed by atoms with Gasteiger partial charge in [0.15, 0.2) is 0 Å². The predicted molar refractivity (Wildman–Crippen MR) is 102 cm³/mol. The maximum atomic E-state index is 12.2. The molecule has 1 aromatic carbocycles. The molecule has 9 heteroatoms. The minimum atomic E-state index is -0.606. The second-order valence-corrected chi connectivity index (χ2v) is 6.12. The molecule has 1 unspecified atom stereocenters. The van der Waals surface area contributed by atoms with E-state index in [1.807, 2.05) is 38.1 Å². The van der Waals surface area contributed by atoms with Crippen LogP contribution in [-0.2, 0) is 11.3 Å². The Morgan fingerprint density at radius 1 is 1.37 bits per heavy atom. The number of methoxy groups -OCH3 is 1. The Morgan fingerprint density at radius 3 is 2.78 bits per heavy atom. The fourth-order valence-corrected chi connectivity index (χ4v) is 2.35. The highest BCUT2D eigenvalue weighted by molar-refractivity contribution is 5.91. The number of para-hydroxylation sites is 1. The van der Waals surface area contributed by atoms with E-state index in [1.54, 1.807) is 0 Å². The molecule has 0 fully saturated rings. The van der Waals surface area contributed by atoms with Crippen LogP contribution in [0.4, 0.5) is 17.3 Å². The molecular weight excluding hydrogens is 350 g/mol. The first-order valence-electron chi connectivity index (χ1n) is 8.61. The van der Waals surface area contributed by atoms with Crippen molar-refractivity contribution in [3.63, 3.8) is 0 Å². The Bertz CT molecular complexity index is 812. The lowest BCUT2D eigenvalue weighted by Gasteiger charge is -2.13. The largest absolute Gasteiger partial charge is 0.476 e. The molecule has 1 amide bonds. The number of amides is 1. The lowest BCUT2D eigenvalue weighted by molar-refractivity contribution is -0.386. The van der Waals surface area contributed by atoms with E-state index >= 15 is 0 Å². The van der Waals surface area contributed by atoms with Crippen LogP contribution in [-0.4, -0.2) is 27.9 Å². The number of hydrogen-bond acceptors (Lipinski definition) is 7. The molecule has 0 saturated carbocycles. The third-order valence-corrected chi connectivity index (χ3v) is 4.08. The molecule has 0 aliphatic carbocycles. The van der Waals surface area contributed by atoms with Gasteiger partial charge < -0.3 is 15.4 Å². The number of ether oxygens (including phenoxy) is 1. The number of anilines is 2.